The summed E-state index contributed by atoms with van der Waals surface area (Å²) in [6, 6.07) is 0. The Hall–Kier alpha value is 0.950. The van der Waals surface area contributed by atoms with Crippen molar-refractivity contribution >= 4 is 33.5 Å². The van der Waals surface area contributed by atoms with Gasteiger partial charge in [-0.25, -0.2) is 4.31 Å². The summed E-state index contributed by atoms with van der Waals surface area (Å²) in [5, 5.41) is 0. The van der Waals surface area contributed by atoms with Crippen LogP contribution in [0.2, 0.25) is 0 Å². The quantitative estimate of drug-likeness (QED) is 0.575. The first-order valence-electron chi connectivity index (χ1n) is 6.25. The average molecular weight is 352 g/mol. The van der Waals surface area contributed by atoms with Crippen molar-refractivity contribution in [3.8, 4) is 0 Å². The Morgan fingerprint density at radius 3 is 1.79 bits per heavy atom. The third-order valence-electron chi connectivity index (χ3n) is 2.01. The molecule has 0 saturated heterocycles. The highest BCUT2D eigenvalue weighted by molar-refractivity contribution is 8.11. The zero-order valence-corrected chi connectivity index (χ0v) is 15.0. The highest BCUT2D eigenvalue weighted by atomic mass is 32.5. The standard InChI is InChI=1S/C9H23O6P3S/c1-4-7-16(10,11)14-17(12,8-5-2)15-18(13,19)9-6-3/h4-9H2,1-3H3,(H,10,11)(H,13,19). The van der Waals surface area contributed by atoms with Gasteiger partial charge in [-0.3, -0.25) is 13.4 Å². The van der Waals surface area contributed by atoms with Crippen molar-refractivity contribution in [2.24, 2.45) is 0 Å². The molecule has 0 fully saturated rings. The topological polar surface area (TPSA) is 93.1 Å². The molecule has 0 heterocycles. The minimum Gasteiger partial charge on any atom is -0.345 e. The first-order chi connectivity index (χ1) is 8.60. The molecule has 19 heavy (non-hydrogen) atoms. The predicted octanol–water partition coefficient (Wildman–Crippen LogP) is 3.93. The lowest BCUT2D eigenvalue weighted by atomic mass is 10.6. The summed E-state index contributed by atoms with van der Waals surface area (Å²) < 4.78 is 34.0. The summed E-state index contributed by atoms with van der Waals surface area (Å²) in [7, 11) is -7.82. The van der Waals surface area contributed by atoms with Gasteiger partial charge >= 0.3 is 15.2 Å². The van der Waals surface area contributed by atoms with Gasteiger partial charge in [0.25, 0.3) is 0 Å². The van der Waals surface area contributed by atoms with Crippen LogP contribution in [0.1, 0.15) is 40.0 Å². The lowest BCUT2D eigenvalue weighted by Gasteiger charge is -2.24. The van der Waals surface area contributed by atoms with Crippen LogP contribution in [0, 0.1) is 0 Å². The first kappa shape index (κ1) is 19.9. The molecular formula is C9H23O6P3S. The Bertz CT molecular complexity index is 381. The molecule has 116 valence electrons. The van der Waals surface area contributed by atoms with Gasteiger partial charge in [-0.2, -0.15) is 0 Å². The Morgan fingerprint density at radius 2 is 1.37 bits per heavy atom. The molecule has 0 aromatic rings. The molecule has 0 aliphatic carbocycles. The van der Waals surface area contributed by atoms with E-state index < -0.39 is 21.7 Å². The van der Waals surface area contributed by atoms with Crippen molar-refractivity contribution in [3.05, 3.63) is 0 Å². The zero-order valence-electron chi connectivity index (χ0n) is 11.5. The van der Waals surface area contributed by atoms with E-state index in [9.17, 15) is 18.9 Å². The molecular weight excluding hydrogens is 329 g/mol. The van der Waals surface area contributed by atoms with Crippen molar-refractivity contribution in [1.82, 2.24) is 0 Å². The van der Waals surface area contributed by atoms with E-state index in [1.807, 2.05) is 0 Å². The Kier molecular flexibility index (Phi) is 8.83. The summed E-state index contributed by atoms with van der Waals surface area (Å²) in [5.74, 6) is 0. The lowest BCUT2D eigenvalue weighted by molar-refractivity contribution is 0.333. The highest BCUT2D eigenvalue weighted by Crippen LogP contribution is 2.69. The SMILES string of the molecule is CCCP(=O)(O)OP(=O)(CCC)OP(O)(=S)CCC. The second-order valence-corrected chi connectivity index (χ2v) is 12.4. The van der Waals surface area contributed by atoms with E-state index in [-0.39, 0.29) is 18.5 Å². The van der Waals surface area contributed by atoms with Gasteiger partial charge in [-0.1, -0.05) is 20.8 Å². The van der Waals surface area contributed by atoms with Crippen molar-refractivity contribution in [3.63, 3.8) is 0 Å². The van der Waals surface area contributed by atoms with Crippen molar-refractivity contribution < 1.29 is 27.5 Å². The molecule has 0 bridgehead atoms. The van der Waals surface area contributed by atoms with E-state index in [4.69, 9.17) is 20.4 Å². The van der Waals surface area contributed by atoms with Crippen LogP contribution in [0.15, 0.2) is 0 Å². The summed E-state index contributed by atoms with van der Waals surface area (Å²) in [5.41, 5.74) is 0. The van der Waals surface area contributed by atoms with Gasteiger partial charge in [0.2, 0.25) is 0 Å². The van der Waals surface area contributed by atoms with Crippen LogP contribution in [0.4, 0.5) is 0 Å². The van der Waals surface area contributed by atoms with Crippen molar-refractivity contribution in [1.29, 1.82) is 0 Å². The fraction of sp³-hybridized carbons (Fsp3) is 1.00. The average Bonchev–Trinajstić information content (AvgIpc) is 2.13. The Balaban J connectivity index is 5.01. The summed E-state index contributed by atoms with van der Waals surface area (Å²) in [6.07, 6.45) is 1.48. The van der Waals surface area contributed by atoms with Crippen molar-refractivity contribution in [2.45, 2.75) is 40.0 Å². The molecule has 3 atom stereocenters. The van der Waals surface area contributed by atoms with Gasteiger partial charge in [-0.05, 0) is 31.1 Å². The monoisotopic (exact) mass is 352 g/mol. The summed E-state index contributed by atoms with van der Waals surface area (Å²) in [4.78, 5) is 19.5. The minimum atomic E-state index is -3.98. The van der Waals surface area contributed by atoms with Crippen LogP contribution in [0.25, 0.3) is 0 Å². The molecule has 0 amide bonds. The van der Waals surface area contributed by atoms with Crippen LogP contribution >= 0.6 is 21.7 Å². The molecule has 3 unspecified atom stereocenters. The van der Waals surface area contributed by atoms with Gasteiger partial charge in [0.1, 0.15) is 0 Å². The fourth-order valence-corrected chi connectivity index (χ4v) is 9.35. The first-order valence-corrected chi connectivity index (χ1v) is 12.6. The van der Waals surface area contributed by atoms with E-state index in [2.05, 4.69) is 0 Å². The maximum Gasteiger partial charge on any atom is 0.343 e. The number of rotatable bonds is 10. The third-order valence-corrected chi connectivity index (χ3v) is 10.2. The van der Waals surface area contributed by atoms with E-state index in [0.717, 1.165) is 0 Å². The molecule has 0 aromatic heterocycles. The molecule has 2 N–H and O–H groups in total. The van der Waals surface area contributed by atoms with Crippen LogP contribution < -0.4 is 0 Å². The van der Waals surface area contributed by atoms with Gasteiger partial charge in [0.15, 0.2) is 6.49 Å². The summed E-state index contributed by atoms with van der Waals surface area (Å²) >= 11 is 4.88. The minimum absolute atomic E-state index is 0.0378. The molecule has 0 radical (unpaired) electrons. The number of hydrogen-bond acceptors (Lipinski definition) is 5. The highest BCUT2D eigenvalue weighted by Gasteiger charge is 2.37. The second-order valence-electron chi connectivity index (χ2n) is 4.22. The maximum atomic E-state index is 12.4. The zero-order chi connectivity index (χ0) is 15.2. The Morgan fingerprint density at radius 1 is 0.895 bits per heavy atom. The van der Waals surface area contributed by atoms with E-state index >= 15 is 0 Å². The van der Waals surface area contributed by atoms with Gasteiger partial charge in [0, 0.05) is 6.16 Å². The van der Waals surface area contributed by atoms with Gasteiger partial charge < -0.3 is 9.79 Å². The molecule has 6 nitrogen and oxygen atoms in total. The third kappa shape index (κ3) is 8.75. The fourth-order valence-electron chi connectivity index (χ4n) is 1.41. The van der Waals surface area contributed by atoms with E-state index in [0.29, 0.717) is 19.3 Å². The van der Waals surface area contributed by atoms with E-state index in [1.54, 1.807) is 20.8 Å². The van der Waals surface area contributed by atoms with Crippen LogP contribution in [0.3, 0.4) is 0 Å². The maximum absolute atomic E-state index is 12.4. The van der Waals surface area contributed by atoms with Crippen LogP contribution in [-0.2, 0) is 29.6 Å². The van der Waals surface area contributed by atoms with Crippen molar-refractivity contribution in [2.75, 3.05) is 18.5 Å². The summed E-state index contributed by atoms with van der Waals surface area (Å²) in [6.45, 7) is 2.02. The second kappa shape index (κ2) is 8.41. The van der Waals surface area contributed by atoms with Gasteiger partial charge in [0.05, 0.1) is 12.3 Å². The molecule has 0 saturated carbocycles. The van der Waals surface area contributed by atoms with E-state index in [1.165, 1.54) is 0 Å². The largest absolute Gasteiger partial charge is 0.345 e. The smallest absolute Gasteiger partial charge is 0.343 e. The molecule has 0 aliphatic heterocycles. The van der Waals surface area contributed by atoms with Crippen LogP contribution in [-0.4, -0.2) is 28.3 Å². The predicted molar refractivity (Wildman–Crippen MR) is 81.6 cm³/mol. The molecule has 0 aromatic carbocycles. The molecule has 0 spiro atoms. The normalized spacial score (nSPS) is 21.3. The van der Waals surface area contributed by atoms with Gasteiger partial charge in [-0.15, -0.1) is 0 Å². The lowest BCUT2D eigenvalue weighted by Crippen LogP contribution is -2.01. The molecule has 10 heteroatoms. The Labute approximate surface area is 120 Å². The molecule has 0 rings (SSSR count). The molecule has 0 aliphatic rings. The van der Waals surface area contributed by atoms with Crippen LogP contribution in [0.5, 0.6) is 0 Å². The number of hydrogen-bond donors (Lipinski definition) is 2.